The van der Waals surface area contributed by atoms with Gasteiger partial charge in [0.25, 0.3) is 0 Å². The third-order valence-corrected chi connectivity index (χ3v) is 5.13. The Hall–Kier alpha value is -1.62. The van der Waals surface area contributed by atoms with Crippen LogP contribution in [-0.2, 0) is 4.79 Å². The molecule has 0 bridgehead atoms. The van der Waals surface area contributed by atoms with Crippen molar-refractivity contribution in [2.75, 3.05) is 24.5 Å². The largest absolute Gasteiger partial charge is 0.356 e. The number of hydrogen-bond donors (Lipinski definition) is 1. The first kappa shape index (κ1) is 15.3. The number of thiazole rings is 1. The van der Waals surface area contributed by atoms with E-state index in [0.717, 1.165) is 43.1 Å². The van der Waals surface area contributed by atoms with Crippen LogP contribution in [0.4, 0.5) is 5.13 Å². The lowest BCUT2D eigenvalue weighted by Gasteiger charge is -2.31. The molecule has 1 saturated heterocycles. The molecule has 1 amide bonds. The molecular weight excluding hydrogens is 294 g/mol. The molecule has 1 aliphatic heterocycles. The number of carbonyl (C=O) groups is 1. The summed E-state index contributed by atoms with van der Waals surface area (Å²) in [5.41, 5.74) is 1.05. The number of piperidine rings is 1. The molecule has 118 valence electrons. The van der Waals surface area contributed by atoms with Crippen molar-refractivity contribution in [3.05, 3.63) is 24.3 Å². The minimum Gasteiger partial charge on any atom is -0.356 e. The molecule has 0 saturated carbocycles. The standard InChI is InChI=1S/C17H23N3OS/c1-12(2)10-18-16(21)13-6-5-9-20(11-13)17-19-14-7-3-4-8-15(14)22-17/h3-4,7-8,12-13H,5-6,9-11H2,1-2H3,(H,18,21). The van der Waals surface area contributed by atoms with Gasteiger partial charge in [-0.25, -0.2) is 4.98 Å². The third kappa shape index (κ3) is 3.40. The van der Waals surface area contributed by atoms with Gasteiger partial charge in [0.05, 0.1) is 16.1 Å². The molecule has 1 aliphatic rings. The quantitative estimate of drug-likeness (QED) is 0.941. The summed E-state index contributed by atoms with van der Waals surface area (Å²) in [6.07, 6.45) is 2.03. The Balaban J connectivity index is 1.68. The number of rotatable bonds is 4. The van der Waals surface area contributed by atoms with E-state index in [-0.39, 0.29) is 11.8 Å². The number of anilines is 1. The van der Waals surface area contributed by atoms with Crippen molar-refractivity contribution < 1.29 is 4.79 Å². The SMILES string of the molecule is CC(C)CNC(=O)C1CCCN(c2nc3ccccc3s2)C1. The zero-order chi connectivity index (χ0) is 15.5. The first-order chi connectivity index (χ1) is 10.6. The van der Waals surface area contributed by atoms with Crippen LogP contribution >= 0.6 is 11.3 Å². The Labute approximate surface area is 135 Å². The predicted octanol–water partition coefficient (Wildman–Crippen LogP) is 3.28. The average molecular weight is 317 g/mol. The molecule has 1 unspecified atom stereocenters. The van der Waals surface area contributed by atoms with E-state index in [4.69, 9.17) is 4.98 Å². The van der Waals surface area contributed by atoms with Gasteiger partial charge < -0.3 is 10.2 Å². The molecule has 5 heteroatoms. The van der Waals surface area contributed by atoms with E-state index in [9.17, 15) is 4.79 Å². The Morgan fingerprint density at radius 1 is 1.45 bits per heavy atom. The molecule has 0 aliphatic carbocycles. The number of fused-ring (bicyclic) bond motifs is 1. The molecule has 1 aromatic carbocycles. The highest BCUT2D eigenvalue weighted by molar-refractivity contribution is 7.22. The number of benzene rings is 1. The molecule has 1 N–H and O–H groups in total. The number of amides is 1. The van der Waals surface area contributed by atoms with Crippen LogP contribution < -0.4 is 10.2 Å². The van der Waals surface area contributed by atoms with E-state index in [1.165, 1.54) is 4.70 Å². The maximum atomic E-state index is 12.3. The van der Waals surface area contributed by atoms with Gasteiger partial charge in [-0.15, -0.1) is 0 Å². The van der Waals surface area contributed by atoms with E-state index in [1.54, 1.807) is 11.3 Å². The highest BCUT2D eigenvalue weighted by Crippen LogP contribution is 2.31. The zero-order valence-corrected chi connectivity index (χ0v) is 14.0. The zero-order valence-electron chi connectivity index (χ0n) is 13.2. The van der Waals surface area contributed by atoms with Crippen molar-refractivity contribution in [3.8, 4) is 0 Å². The van der Waals surface area contributed by atoms with E-state index >= 15 is 0 Å². The molecule has 0 spiro atoms. The summed E-state index contributed by atoms with van der Waals surface area (Å²) in [5.74, 6) is 0.770. The summed E-state index contributed by atoms with van der Waals surface area (Å²) in [6, 6.07) is 8.21. The third-order valence-electron chi connectivity index (χ3n) is 4.03. The summed E-state index contributed by atoms with van der Waals surface area (Å²) in [7, 11) is 0. The monoisotopic (exact) mass is 317 g/mol. The molecule has 1 atom stereocenters. The Morgan fingerprint density at radius 2 is 2.27 bits per heavy atom. The second kappa shape index (κ2) is 6.65. The van der Waals surface area contributed by atoms with Gasteiger partial charge in [0.1, 0.15) is 0 Å². The van der Waals surface area contributed by atoms with Crippen LogP contribution in [0.2, 0.25) is 0 Å². The first-order valence-corrected chi connectivity index (χ1v) is 8.83. The van der Waals surface area contributed by atoms with Gasteiger partial charge in [-0.2, -0.15) is 0 Å². The topological polar surface area (TPSA) is 45.2 Å². The lowest BCUT2D eigenvalue weighted by Crippen LogP contribution is -2.43. The molecule has 2 heterocycles. The lowest BCUT2D eigenvalue weighted by atomic mass is 9.97. The van der Waals surface area contributed by atoms with E-state index in [1.807, 2.05) is 18.2 Å². The highest BCUT2D eigenvalue weighted by atomic mass is 32.1. The Morgan fingerprint density at radius 3 is 3.05 bits per heavy atom. The van der Waals surface area contributed by atoms with Gasteiger partial charge in [0.2, 0.25) is 5.91 Å². The summed E-state index contributed by atoms with van der Waals surface area (Å²) in [4.78, 5) is 19.3. The number of carbonyl (C=O) groups excluding carboxylic acids is 1. The summed E-state index contributed by atoms with van der Waals surface area (Å²) < 4.78 is 1.21. The van der Waals surface area contributed by atoms with Crippen molar-refractivity contribution in [1.29, 1.82) is 0 Å². The summed E-state index contributed by atoms with van der Waals surface area (Å²) in [6.45, 7) is 6.77. The molecular formula is C17H23N3OS. The lowest BCUT2D eigenvalue weighted by molar-refractivity contribution is -0.125. The van der Waals surface area contributed by atoms with Crippen molar-refractivity contribution >= 4 is 32.6 Å². The van der Waals surface area contributed by atoms with Gasteiger partial charge in [0, 0.05) is 19.6 Å². The molecule has 2 aromatic rings. The number of nitrogens with zero attached hydrogens (tertiary/aromatic N) is 2. The van der Waals surface area contributed by atoms with Crippen LogP contribution in [0, 0.1) is 11.8 Å². The molecule has 1 fully saturated rings. The van der Waals surface area contributed by atoms with Crippen molar-refractivity contribution in [1.82, 2.24) is 10.3 Å². The van der Waals surface area contributed by atoms with Gasteiger partial charge >= 0.3 is 0 Å². The second-order valence-corrected chi connectivity index (χ2v) is 7.40. The number of nitrogens with one attached hydrogen (secondary N) is 1. The number of aromatic nitrogens is 1. The minimum absolute atomic E-state index is 0.0829. The van der Waals surface area contributed by atoms with E-state index in [2.05, 4.69) is 30.1 Å². The predicted molar refractivity (Wildman–Crippen MR) is 92.4 cm³/mol. The van der Waals surface area contributed by atoms with Crippen molar-refractivity contribution in [3.63, 3.8) is 0 Å². The Kier molecular flexibility index (Phi) is 4.62. The molecule has 22 heavy (non-hydrogen) atoms. The van der Waals surface area contributed by atoms with Crippen LogP contribution in [0.3, 0.4) is 0 Å². The summed E-state index contributed by atoms with van der Waals surface area (Å²) in [5, 5.41) is 4.11. The van der Waals surface area contributed by atoms with E-state index < -0.39 is 0 Å². The second-order valence-electron chi connectivity index (χ2n) is 6.39. The van der Waals surface area contributed by atoms with Crippen molar-refractivity contribution in [2.24, 2.45) is 11.8 Å². The van der Waals surface area contributed by atoms with Crippen LogP contribution in [-0.4, -0.2) is 30.5 Å². The maximum absolute atomic E-state index is 12.3. The van der Waals surface area contributed by atoms with Crippen LogP contribution in [0.5, 0.6) is 0 Å². The first-order valence-electron chi connectivity index (χ1n) is 8.01. The molecule has 0 radical (unpaired) electrons. The van der Waals surface area contributed by atoms with Crippen LogP contribution in [0.25, 0.3) is 10.2 Å². The minimum atomic E-state index is 0.0829. The smallest absolute Gasteiger partial charge is 0.224 e. The van der Waals surface area contributed by atoms with Crippen LogP contribution in [0.15, 0.2) is 24.3 Å². The maximum Gasteiger partial charge on any atom is 0.224 e. The summed E-state index contributed by atoms with van der Waals surface area (Å²) >= 11 is 1.72. The fourth-order valence-corrected chi connectivity index (χ4v) is 3.81. The van der Waals surface area contributed by atoms with Gasteiger partial charge in [-0.1, -0.05) is 37.3 Å². The normalized spacial score (nSPS) is 18.9. The fourth-order valence-electron chi connectivity index (χ4n) is 2.81. The fraction of sp³-hybridized carbons (Fsp3) is 0.529. The Bertz CT molecular complexity index is 619. The highest BCUT2D eigenvalue weighted by Gasteiger charge is 2.27. The van der Waals surface area contributed by atoms with Gasteiger partial charge in [-0.3, -0.25) is 4.79 Å². The molecule has 1 aromatic heterocycles. The average Bonchev–Trinajstić information content (AvgIpc) is 2.96. The van der Waals surface area contributed by atoms with Crippen LogP contribution in [0.1, 0.15) is 26.7 Å². The van der Waals surface area contributed by atoms with Crippen molar-refractivity contribution in [2.45, 2.75) is 26.7 Å². The number of hydrogen-bond acceptors (Lipinski definition) is 4. The van der Waals surface area contributed by atoms with E-state index in [0.29, 0.717) is 5.92 Å². The van der Waals surface area contributed by atoms with Gasteiger partial charge in [-0.05, 0) is 30.9 Å². The molecule has 4 nitrogen and oxygen atoms in total. The van der Waals surface area contributed by atoms with Gasteiger partial charge in [0.15, 0.2) is 5.13 Å². The molecule has 3 rings (SSSR count). The number of para-hydroxylation sites is 1.